The second-order valence-electron chi connectivity index (χ2n) is 12.7. The van der Waals surface area contributed by atoms with Crippen LogP contribution in [0, 0.1) is 23.7 Å². The molecule has 8 nitrogen and oxygen atoms in total. The minimum Gasteiger partial charge on any atom is -0.459 e. The zero-order chi connectivity index (χ0) is 26.2. The Balaban J connectivity index is 1.17. The fourth-order valence-corrected chi connectivity index (χ4v) is 9.39. The standard InChI is InChI=1S/C28H35N3O5S/c1-27(2,3)36-25(33)15-37(34,35)30-28-11-17-8-18(12-28)26(19(9-17)13-28)24(32)10-22-20-6-4-5-7-21(20)23-14-29-16-31(22)23/h4-7,14,16-19,22,26,30H,8-13,15H2,1-3H3. The Morgan fingerprint density at radius 3 is 2.54 bits per heavy atom. The zero-order valence-electron chi connectivity index (χ0n) is 21.6. The summed E-state index contributed by atoms with van der Waals surface area (Å²) in [6.07, 6.45) is 8.14. The molecule has 0 amide bonds. The average Bonchev–Trinajstić information content (AvgIpc) is 3.33. The molecule has 37 heavy (non-hydrogen) atoms. The Morgan fingerprint density at radius 2 is 1.84 bits per heavy atom. The predicted molar refractivity (Wildman–Crippen MR) is 138 cm³/mol. The Kier molecular flexibility index (Phi) is 5.69. The minimum atomic E-state index is -3.85. The lowest BCUT2D eigenvalue weighted by molar-refractivity contribution is -0.151. The SMILES string of the molecule is CC(C)(C)OC(=O)CS(=O)(=O)NC12CC3CC(C1)C(C(=O)CC1c4ccccc4-c4cncn41)C(C3)C2. The number of esters is 1. The maximum Gasteiger partial charge on any atom is 0.323 e. The number of ketones is 1. The van der Waals surface area contributed by atoms with Gasteiger partial charge in [-0.2, -0.15) is 0 Å². The van der Waals surface area contributed by atoms with Crippen LogP contribution in [0.1, 0.15) is 70.9 Å². The first-order chi connectivity index (χ1) is 17.4. The third-order valence-electron chi connectivity index (χ3n) is 8.74. The molecule has 0 spiro atoms. The number of sulfonamides is 1. The summed E-state index contributed by atoms with van der Waals surface area (Å²) >= 11 is 0. The van der Waals surface area contributed by atoms with Gasteiger partial charge in [0.15, 0.2) is 5.75 Å². The van der Waals surface area contributed by atoms with Crippen LogP contribution in [-0.2, 0) is 24.3 Å². The predicted octanol–water partition coefficient (Wildman–Crippen LogP) is 3.87. The van der Waals surface area contributed by atoms with Gasteiger partial charge in [0.25, 0.3) is 0 Å². The van der Waals surface area contributed by atoms with Crippen molar-refractivity contribution in [2.24, 2.45) is 23.7 Å². The second-order valence-corrected chi connectivity index (χ2v) is 14.4. The van der Waals surface area contributed by atoms with E-state index in [2.05, 4.69) is 26.4 Å². The van der Waals surface area contributed by atoms with E-state index in [-0.39, 0.29) is 29.6 Å². The molecule has 7 rings (SSSR count). The Bertz CT molecular complexity index is 1340. The molecule has 2 heterocycles. The molecule has 4 fully saturated rings. The van der Waals surface area contributed by atoms with E-state index in [1.807, 2.05) is 24.7 Å². The van der Waals surface area contributed by atoms with Gasteiger partial charge in [0.2, 0.25) is 10.0 Å². The fourth-order valence-electron chi connectivity index (χ4n) is 8.03. The molecule has 3 unspecified atom stereocenters. The molecule has 1 aromatic carbocycles. The van der Waals surface area contributed by atoms with Crippen molar-refractivity contribution >= 4 is 21.8 Å². The number of nitrogens with one attached hydrogen (secondary N) is 1. The first-order valence-electron chi connectivity index (χ1n) is 13.3. The first kappa shape index (κ1) is 24.8. The summed E-state index contributed by atoms with van der Waals surface area (Å²) in [4.78, 5) is 30.4. The molecule has 0 saturated heterocycles. The van der Waals surface area contributed by atoms with Crippen LogP contribution in [0.25, 0.3) is 11.3 Å². The number of fused-ring (bicyclic) bond motifs is 3. The van der Waals surface area contributed by atoms with Crippen LogP contribution in [-0.4, -0.2) is 46.6 Å². The number of carbonyl (C=O) groups is 2. The van der Waals surface area contributed by atoms with Gasteiger partial charge in [-0.15, -0.1) is 0 Å². The number of aromatic nitrogens is 2. The molecule has 1 aromatic heterocycles. The maximum atomic E-state index is 13.9. The number of benzene rings is 1. The molecule has 5 aliphatic rings. The highest BCUT2D eigenvalue weighted by atomic mass is 32.2. The third-order valence-corrected chi connectivity index (χ3v) is 10.1. The highest BCUT2D eigenvalue weighted by Crippen LogP contribution is 2.59. The highest BCUT2D eigenvalue weighted by Gasteiger charge is 2.58. The molecule has 0 radical (unpaired) electrons. The van der Waals surface area contributed by atoms with Crippen LogP contribution in [0.5, 0.6) is 0 Å². The van der Waals surface area contributed by atoms with Gasteiger partial charge in [0, 0.05) is 23.4 Å². The van der Waals surface area contributed by atoms with E-state index in [0.717, 1.165) is 30.5 Å². The van der Waals surface area contributed by atoms with Gasteiger partial charge in [-0.25, -0.2) is 18.1 Å². The van der Waals surface area contributed by atoms with Crippen molar-refractivity contribution in [2.45, 2.75) is 76.5 Å². The molecular formula is C28H35N3O5S. The van der Waals surface area contributed by atoms with Crippen molar-refractivity contribution in [2.75, 3.05) is 5.75 Å². The Morgan fingerprint density at radius 1 is 1.14 bits per heavy atom. The molecule has 4 aliphatic carbocycles. The number of hydrogen-bond donors (Lipinski definition) is 1. The fraction of sp³-hybridized carbons (Fsp3) is 0.607. The number of hydrogen-bond acceptors (Lipinski definition) is 6. The van der Waals surface area contributed by atoms with Crippen LogP contribution in [0.3, 0.4) is 0 Å². The van der Waals surface area contributed by atoms with Crippen LogP contribution in [0.4, 0.5) is 0 Å². The summed E-state index contributed by atoms with van der Waals surface area (Å²) in [5.41, 5.74) is 2.06. The normalized spacial score (nSPS) is 31.7. The summed E-state index contributed by atoms with van der Waals surface area (Å²) in [5.74, 6) is -0.430. The lowest BCUT2D eigenvalue weighted by Crippen LogP contribution is -2.63. The van der Waals surface area contributed by atoms with E-state index in [4.69, 9.17) is 4.74 Å². The van der Waals surface area contributed by atoms with Crippen molar-refractivity contribution in [3.05, 3.63) is 42.4 Å². The van der Waals surface area contributed by atoms with Crippen molar-refractivity contribution in [1.29, 1.82) is 0 Å². The number of ether oxygens (including phenoxy) is 1. The molecule has 2 aromatic rings. The number of imidazole rings is 1. The summed E-state index contributed by atoms with van der Waals surface area (Å²) in [7, 11) is -3.85. The van der Waals surface area contributed by atoms with Gasteiger partial charge in [0.05, 0.1) is 24.3 Å². The molecular weight excluding hydrogens is 490 g/mol. The molecule has 9 heteroatoms. The number of Topliss-reactive ketones (excluding diaryl/α,β-unsaturated/α-hetero) is 1. The Hall–Kier alpha value is -2.52. The van der Waals surface area contributed by atoms with Gasteiger partial charge in [-0.1, -0.05) is 24.3 Å². The molecule has 3 atom stereocenters. The van der Waals surface area contributed by atoms with E-state index in [0.29, 0.717) is 25.2 Å². The molecule has 198 valence electrons. The van der Waals surface area contributed by atoms with E-state index in [1.54, 1.807) is 20.8 Å². The first-order valence-corrected chi connectivity index (χ1v) is 14.9. The highest BCUT2D eigenvalue weighted by molar-refractivity contribution is 7.90. The smallest absolute Gasteiger partial charge is 0.323 e. The van der Waals surface area contributed by atoms with Gasteiger partial charge in [-0.05, 0) is 76.2 Å². The van der Waals surface area contributed by atoms with Gasteiger partial charge in [-0.3, -0.25) is 9.59 Å². The minimum absolute atomic E-state index is 0.0419. The number of nitrogens with zero attached hydrogens (tertiary/aromatic N) is 2. The van der Waals surface area contributed by atoms with Gasteiger partial charge in [0.1, 0.15) is 11.4 Å². The zero-order valence-corrected chi connectivity index (χ0v) is 22.5. The van der Waals surface area contributed by atoms with Crippen molar-refractivity contribution in [3.8, 4) is 11.3 Å². The van der Waals surface area contributed by atoms with Crippen LogP contribution in [0.2, 0.25) is 0 Å². The van der Waals surface area contributed by atoms with E-state index in [9.17, 15) is 18.0 Å². The second kappa shape index (κ2) is 8.50. The van der Waals surface area contributed by atoms with Crippen molar-refractivity contribution in [3.63, 3.8) is 0 Å². The van der Waals surface area contributed by atoms with Gasteiger partial charge >= 0.3 is 5.97 Å². The average molecular weight is 526 g/mol. The molecule has 1 aliphatic heterocycles. The van der Waals surface area contributed by atoms with E-state index in [1.165, 1.54) is 5.56 Å². The monoisotopic (exact) mass is 525 g/mol. The largest absolute Gasteiger partial charge is 0.459 e. The van der Waals surface area contributed by atoms with Crippen molar-refractivity contribution < 1.29 is 22.7 Å². The number of carbonyl (C=O) groups excluding carboxylic acids is 2. The van der Waals surface area contributed by atoms with Crippen molar-refractivity contribution in [1.82, 2.24) is 14.3 Å². The van der Waals surface area contributed by atoms with E-state index < -0.39 is 32.9 Å². The van der Waals surface area contributed by atoms with Crippen LogP contribution >= 0.6 is 0 Å². The molecule has 4 bridgehead atoms. The quantitative estimate of drug-likeness (QED) is 0.550. The van der Waals surface area contributed by atoms with Crippen LogP contribution < -0.4 is 4.72 Å². The van der Waals surface area contributed by atoms with Crippen LogP contribution in [0.15, 0.2) is 36.8 Å². The lowest BCUT2D eigenvalue weighted by Gasteiger charge is -2.59. The third kappa shape index (κ3) is 4.54. The number of rotatable bonds is 7. The van der Waals surface area contributed by atoms with E-state index >= 15 is 0 Å². The molecule has 1 N–H and O–H groups in total. The maximum absolute atomic E-state index is 13.9. The molecule has 4 saturated carbocycles. The summed E-state index contributed by atoms with van der Waals surface area (Å²) in [6, 6.07) is 8.18. The Labute approximate surface area is 218 Å². The summed E-state index contributed by atoms with van der Waals surface area (Å²) < 4.78 is 36.2. The summed E-state index contributed by atoms with van der Waals surface area (Å²) in [6.45, 7) is 5.16. The lowest BCUT2D eigenvalue weighted by atomic mass is 9.48. The summed E-state index contributed by atoms with van der Waals surface area (Å²) in [5, 5.41) is 0. The topological polar surface area (TPSA) is 107 Å². The van der Waals surface area contributed by atoms with Gasteiger partial charge < -0.3 is 9.30 Å².